The number of aliphatic hydroxyl groups is 1. The lowest BCUT2D eigenvalue weighted by Crippen LogP contribution is -2.44. The fourth-order valence-corrected chi connectivity index (χ4v) is 2.26. The molecule has 4 heteroatoms. The summed E-state index contributed by atoms with van der Waals surface area (Å²) >= 11 is 0. The molecular formula is C17H22N2O2. The summed E-state index contributed by atoms with van der Waals surface area (Å²) in [5.74, 6) is 0. The molecule has 0 atom stereocenters. The van der Waals surface area contributed by atoms with Crippen molar-refractivity contribution in [3.05, 3.63) is 42.5 Å². The number of hydrogen-bond acceptors (Lipinski definition) is 2. The number of anilines is 1. The number of urea groups is 1. The number of carbonyl (C=O) groups excluding carboxylic acids is 1. The van der Waals surface area contributed by atoms with Crippen LogP contribution in [0.15, 0.2) is 42.5 Å². The Morgan fingerprint density at radius 3 is 2.48 bits per heavy atom. The highest BCUT2D eigenvalue weighted by molar-refractivity contribution is 5.93. The molecule has 0 aliphatic rings. The molecule has 4 nitrogen and oxygen atoms in total. The van der Waals surface area contributed by atoms with Gasteiger partial charge in [0.2, 0.25) is 0 Å². The molecule has 21 heavy (non-hydrogen) atoms. The third-order valence-corrected chi connectivity index (χ3v) is 3.25. The van der Waals surface area contributed by atoms with Crippen molar-refractivity contribution in [3.63, 3.8) is 0 Å². The summed E-state index contributed by atoms with van der Waals surface area (Å²) in [6.45, 7) is 6.12. The molecule has 2 rings (SSSR count). The van der Waals surface area contributed by atoms with Crippen molar-refractivity contribution in [1.29, 1.82) is 0 Å². The van der Waals surface area contributed by atoms with Crippen molar-refractivity contribution >= 4 is 22.5 Å². The van der Waals surface area contributed by atoms with Crippen molar-refractivity contribution in [2.75, 3.05) is 18.4 Å². The molecule has 0 fully saturated rings. The van der Waals surface area contributed by atoms with Gasteiger partial charge in [-0.3, -0.25) is 0 Å². The average molecular weight is 286 g/mol. The van der Waals surface area contributed by atoms with Gasteiger partial charge in [0.05, 0.1) is 12.1 Å². The Morgan fingerprint density at radius 2 is 1.86 bits per heavy atom. The maximum absolute atomic E-state index is 12.3. The highest BCUT2D eigenvalue weighted by Gasteiger charge is 2.21. The molecule has 2 amide bonds. The molecule has 0 aromatic heterocycles. The third kappa shape index (κ3) is 4.20. The van der Waals surface area contributed by atoms with E-state index in [4.69, 9.17) is 0 Å². The van der Waals surface area contributed by atoms with Crippen LogP contribution in [0.2, 0.25) is 0 Å². The number of hydrogen-bond donors (Lipinski definition) is 2. The predicted molar refractivity (Wildman–Crippen MR) is 86.5 cm³/mol. The van der Waals surface area contributed by atoms with Gasteiger partial charge in [0.1, 0.15) is 0 Å². The van der Waals surface area contributed by atoms with Gasteiger partial charge in [0.15, 0.2) is 0 Å². The number of amides is 2. The first-order chi connectivity index (χ1) is 9.89. The van der Waals surface area contributed by atoms with Gasteiger partial charge in [-0.2, -0.15) is 0 Å². The number of fused-ring (bicyclic) bond motifs is 1. The molecule has 0 unspecified atom stereocenters. The lowest BCUT2D eigenvalue weighted by molar-refractivity contribution is 0.0501. The highest BCUT2D eigenvalue weighted by atomic mass is 16.3. The van der Waals surface area contributed by atoms with Crippen LogP contribution in [0.5, 0.6) is 0 Å². The molecule has 0 heterocycles. The lowest BCUT2D eigenvalue weighted by Gasteiger charge is -2.28. The number of rotatable bonds is 4. The van der Waals surface area contributed by atoms with Crippen LogP contribution in [0, 0.1) is 0 Å². The van der Waals surface area contributed by atoms with Gasteiger partial charge in [-0.25, -0.2) is 4.79 Å². The summed E-state index contributed by atoms with van der Waals surface area (Å²) in [6, 6.07) is 13.6. The van der Waals surface area contributed by atoms with E-state index in [9.17, 15) is 9.90 Å². The van der Waals surface area contributed by atoms with Gasteiger partial charge in [-0.15, -0.1) is 0 Å². The van der Waals surface area contributed by atoms with Gasteiger partial charge in [0.25, 0.3) is 0 Å². The van der Waals surface area contributed by atoms with E-state index in [2.05, 4.69) is 5.32 Å². The van der Waals surface area contributed by atoms with Crippen molar-refractivity contribution in [3.8, 4) is 0 Å². The second-order valence-electron chi connectivity index (χ2n) is 5.82. The van der Waals surface area contributed by atoms with Crippen LogP contribution in [0.4, 0.5) is 10.5 Å². The molecule has 112 valence electrons. The first-order valence-corrected chi connectivity index (χ1v) is 7.16. The number of likely N-dealkylation sites (N-methyl/N-ethyl adjacent to an activating group) is 1. The zero-order chi connectivity index (χ0) is 15.5. The standard InChI is InChI=1S/C17H22N2O2/c1-4-19(12-17(2,3)21)16(20)18-15-10-9-13-7-5-6-8-14(13)11-15/h5-11,21H,4,12H2,1-3H3,(H,18,20). The van der Waals surface area contributed by atoms with Crippen molar-refractivity contribution in [2.45, 2.75) is 26.4 Å². The van der Waals surface area contributed by atoms with Gasteiger partial charge in [-0.05, 0) is 43.7 Å². The zero-order valence-corrected chi connectivity index (χ0v) is 12.8. The Kier molecular flexibility index (Phi) is 4.48. The Hall–Kier alpha value is -2.07. The van der Waals surface area contributed by atoms with Crippen LogP contribution in [-0.2, 0) is 0 Å². The first kappa shape index (κ1) is 15.3. The molecule has 0 saturated heterocycles. The van der Waals surface area contributed by atoms with E-state index in [1.165, 1.54) is 0 Å². The number of benzene rings is 2. The molecule has 0 radical (unpaired) electrons. The Labute approximate surface area is 125 Å². The summed E-state index contributed by atoms with van der Waals surface area (Å²) in [7, 11) is 0. The van der Waals surface area contributed by atoms with Crippen LogP contribution in [0.1, 0.15) is 20.8 Å². The lowest BCUT2D eigenvalue weighted by atomic mass is 10.1. The predicted octanol–water partition coefficient (Wildman–Crippen LogP) is 3.46. The molecule has 2 aromatic carbocycles. The molecule has 0 aliphatic carbocycles. The van der Waals surface area contributed by atoms with Crippen molar-refractivity contribution < 1.29 is 9.90 Å². The SMILES string of the molecule is CCN(CC(C)(C)O)C(=O)Nc1ccc2ccccc2c1. The zero-order valence-electron chi connectivity index (χ0n) is 12.8. The van der Waals surface area contributed by atoms with E-state index < -0.39 is 5.60 Å². The Balaban J connectivity index is 2.12. The van der Waals surface area contributed by atoms with Crippen LogP contribution >= 0.6 is 0 Å². The fourth-order valence-electron chi connectivity index (χ4n) is 2.26. The maximum atomic E-state index is 12.3. The number of carbonyl (C=O) groups is 1. The fraction of sp³-hybridized carbons (Fsp3) is 0.353. The van der Waals surface area contributed by atoms with E-state index >= 15 is 0 Å². The highest BCUT2D eigenvalue weighted by Crippen LogP contribution is 2.19. The summed E-state index contributed by atoms with van der Waals surface area (Å²) < 4.78 is 0. The average Bonchev–Trinajstić information content (AvgIpc) is 2.43. The summed E-state index contributed by atoms with van der Waals surface area (Å²) in [6.07, 6.45) is 0. The monoisotopic (exact) mass is 286 g/mol. The van der Waals surface area contributed by atoms with Gasteiger partial charge < -0.3 is 15.3 Å². The number of nitrogens with zero attached hydrogens (tertiary/aromatic N) is 1. The van der Waals surface area contributed by atoms with Crippen LogP contribution < -0.4 is 5.32 Å². The minimum atomic E-state index is -0.906. The summed E-state index contributed by atoms with van der Waals surface area (Å²) in [5, 5.41) is 15.0. The molecule has 0 saturated carbocycles. The van der Waals surface area contributed by atoms with Crippen LogP contribution in [-0.4, -0.2) is 34.7 Å². The third-order valence-electron chi connectivity index (χ3n) is 3.25. The van der Waals surface area contributed by atoms with Crippen LogP contribution in [0.25, 0.3) is 10.8 Å². The normalized spacial score (nSPS) is 11.4. The smallest absolute Gasteiger partial charge is 0.321 e. The largest absolute Gasteiger partial charge is 0.389 e. The summed E-state index contributed by atoms with van der Waals surface area (Å²) in [4.78, 5) is 13.9. The van der Waals surface area contributed by atoms with Gasteiger partial charge in [0, 0.05) is 12.2 Å². The van der Waals surface area contributed by atoms with E-state index in [0.29, 0.717) is 13.1 Å². The molecule has 0 bridgehead atoms. The molecule has 0 aliphatic heterocycles. The minimum absolute atomic E-state index is 0.199. The Bertz CT molecular complexity index is 632. The Morgan fingerprint density at radius 1 is 1.19 bits per heavy atom. The molecule has 2 aromatic rings. The minimum Gasteiger partial charge on any atom is -0.389 e. The second kappa shape index (κ2) is 6.14. The topological polar surface area (TPSA) is 52.6 Å². The van der Waals surface area contributed by atoms with Crippen LogP contribution in [0.3, 0.4) is 0 Å². The van der Waals surface area contributed by atoms with Crippen molar-refractivity contribution in [2.24, 2.45) is 0 Å². The molecule has 0 spiro atoms. The van der Waals surface area contributed by atoms with Gasteiger partial charge >= 0.3 is 6.03 Å². The molecule has 2 N–H and O–H groups in total. The van der Waals surface area contributed by atoms with E-state index in [0.717, 1.165) is 16.5 Å². The summed E-state index contributed by atoms with van der Waals surface area (Å²) in [5.41, 5.74) is -0.149. The van der Waals surface area contributed by atoms with E-state index in [-0.39, 0.29) is 6.03 Å². The second-order valence-corrected chi connectivity index (χ2v) is 5.82. The quantitative estimate of drug-likeness (QED) is 0.904. The maximum Gasteiger partial charge on any atom is 0.321 e. The molecular weight excluding hydrogens is 264 g/mol. The van der Waals surface area contributed by atoms with E-state index in [1.54, 1.807) is 18.7 Å². The van der Waals surface area contributed by atoms with Crippen molar-refractivity contribution in [1.82, 2.24) is 4.90 Å². The van der Waals surface area contributed by atoms with Gasteiger partial charge in [-0.1, -0.05) is 30.3 Å². The number of nitrogens with one attached hydrogen (secondary N) is 1. The van der Waals surface area contributed by atoms with E-state index in [1.807, 2.05) is 49.4 Å². The first-order valence-electron chi connectivity index (χ1n) is 7.16.